The number of rotatable bonds is 6. The van der Waals surface area contributed by atoms with Crippen LogP contribution in [0.5, 0.6) is 0 Å². The van der Waals surface area contributed by atoms with Crippen molar-refractivity contribution in [1.82, 2.24) is 30.9 Å². The number of amides is 3. The molecule has 174 valence electrons. The quantitative estimate of drug-likeness (QED) is 0.392. The van der Waals surface area contributed by atoms with Crippen molar-refractivity contribution in [1.29, 1.82) is 0 Å². The summed E-state index contributed by atoms with van der Waals surface area (Å²) in [6.45, 7) is 13.3. The van der Waals surface area contributed by atoms with Crippen LogP contribution in [0.25, 0.3) is 0 Å². The minimum Gasteiger partial charge on any atom is -0.465 e. The molecule has 6 N–H and O–H groups in total. The Hall–Kier alpha value is -3.18. The number of nitrogens with one attached hydrogen (secondary N) is 3. The maximum Gasteiger partial charge on any atom is 0.404 e. The van der Waals surface area contributed by atoms with Crippen LogP contribution in [0.1, 0.15) is 41.5 Å². The van der Waals surface area contributed by atoms with Crippen LogP contribution >= 0.6 is 0 Å². The van der Waals surface area contributed by atoms with Gasteiger partial charge in [-0.3, -0.25) is 0 Å². The summed E-state index contributed by atoms with van der Waals surface area (Å²) in [6, 6.07) is 0. The minimum atomic E-state index is -0.946. The van der Waals surface area contributed by atoms with Crippen LogP contribution in [0.2, 0.25) is 0 Å². The zero-order chi connectivity index (χ0) is 23.9. The Kier molecular flexibility index (Phi) is 23.2. The first kappa shape index (κ1) is 31.5. The molecule has 1 rings (SSSR count). The summed E-state index contributed by atoms with van der Waals surface area (Å²) in [5.41, 5.74) is 0. The molecule has 0 saturated carbocycles. The van der Waals surface area contributed by atoms with E-state index in [-0.39, 0.29) is 0 Å². The predicted molar refractivity (Wildman–Crippen MR) is 112 cm³/mol. The molecule has 1 aromatic heterocycles. The summed E-state index contributed by atoms with van der Waals surface area (Å²) in [7, 11) is 0. The first-order valence-corrected chi connectivity index (χ1v) is 9.33. The zero-order valence-electron chi connectivity index (χ0n) is 18.5. The molecular weight excluding hydrogens is 396 g/mol. The van der Waals surface area contributed by atoms with E-state index < -0.39 is 18.3 Å². The Morgan fingerprint density at radius 3 is 0.867 bits per heavy atom. The fourth-order valence-corrected chi connectivity index (χ4v) is 1.08. The van der Waals surface area contributed by atoms with Crippen LogP contribution in [0.15, 0.2) is 19.0 Å². The molecule has 0 saturated heterocycles. The van der Waals surface area contributed by atoms with Crippen LogP contribution in [0, 0.1) is 17.8 Å². The third kappa shape index (κ3) is 44.3. The Bertz CT molecular complexity index is 464. The molecule has 0 bridgehead atoms. The molecule has 0 unspecified atom stereocenters. The van der Waals surface area contributed by atoms with Crippen LogP contribution in [0.4, 0.5) is 14.4 Å². The molecule has 12 nitrogen and oxygen atoms in total. The lowest BCUT2D eigenvalue weighted by molar-refractivity contribution is 0.192. The van der Waals surface area contributed by atoms with Gasteiger partial charge in [-0.25, -0.2) is 29.3 Å². The molecule has 0 atom stereocenters. The fraction of sp³-hybridized carbons (Fsp3) is 0.667. The lowest BCUT2D eigenvalue weighted by atomic mass is 10.2. The maximum atomic E-state index is 9.79. The van der Waals surface area contributed by atoms with E-state index in [2.05, 4.69) is 30.9 Å². The van der Waals surface area contributed by atoms with Crippen molar-refractivity contribution >= 4 is 18.3 Å². The van der Waals surface area contributed by atoms with Gasteiger partial charge in [0.1, 0.15) is 19.0 Å². The van der Waals surface area contributed by atoms with E-state index in [0.29, 0.717) is 37.4 Å². The molecule has 12 heteroatoms. The number of hydrogen-bond acceptors (Lipinski definition) is 6. The van der Waals surface area contributed by atoms with Crippen molar-refractivity contribution in [3.63, 3.8) is 0 Å². The van der Waals surface area contributed by atoms with E-state index >= 15 is 0 Å². The molecular formula is C18H36N6O6. The first-order chi connectivity index (χ1) is 13.9. The fourth-order valence-electron chi connectivity index (χ4n) is 1.08. The van der Waals surface area contributed by atoms with Gasteiger partial charge in [0.25, 0.3) is 0 Å². The molecule has 0 aliphatic heterocycles. The van der Waals surface area contributed by atoms with E-state index in [4.69, 9.17) is 15.3 Å². The van der Waals surface area contributed by atoms with Crippen molar-refractivity contribution in [2.75, 3.05) is 19.6 Å². The largest absolute Gasteiger partial charge is 0.465 e. The average molecular weight is 433 g/mol. The maximum absolute atomic E-state index is 9.79. The standard InChI is InChI=1S/3C5H11NO2.C3H3N3/c3*1-4(2)3-6-5(7)8;1-4-2-6-3-5-1/h3*4,6H,3H2,1-2H3,(H,7,8);1-3H. The summed E-state index contributed by atoms with van der Waals surface area (Å²) < 4.78 is 0. The van der Waals surface area contributed by atoms with Gasteiger partial charge in [-0.1, -0.05) is 41.5 Å². The highest BCUT2D eigenvalue weighted by molar-refractivity contribution is 5.64. The second-order valence-electron chi connectivity index (χ2n) is 7.03. The second kappa shape index (κ2) is 22.1. The van der Waals surface area contributed by atoms with Gasteiger partial charge < -0.3 is 31.3 Å². The van der Waals surface area contributed by atoms with Crippen LogP contribution < -0.4 is 16.0 Å². The molecule has 0 aliphatic rings. The van der Waals surface area contributed by atoms with E-state index in [1.54, 1.807) is 0 Å². The summed E-state index contributed by atoms with van der Waals surface area (Å²) in [6.07, 6.45) is 1.48. The highest BCUT2D eigenvalue weighted by Crippen LogP contribution is 1.86. The van der Waals surface area contributed by atoms with E-state index in [1.165, 1.54) is 19.0 Å². The molecule has 30 heavy (non-hydrogen) atoms. The topological polar surface area (TPSA) is 187 Å². The van der Waals surface area contributed by atoms with Crippen molar-refractivity contribution in [3.05, 3.63) is 19.0 Å². The van der Waals surface area contributed by atoms with Gasteiger partial charge in [-0.05, 0) is 17.8 Å². The van der Waals surface area contributed by atoms with E-state index in [1.807, 2.05) is 41.5 Å². The second-order valence-corrected chi connectivity index (χ2v) is 7.03. The van der Waals surface area contributed by atoms with E-state index in [9.17, 15) is 14.4 Å². The Morgan fingerprint density at radius 1 is 0.600 bits per heavy atom. The van der Waals surface area contributed by atoms with Gasteiger partial charge >= 0.3 is 18.3 Å². The molecule has 3 amide bonds. The van der Waals surface area contributed by atoms with Crippen molar-refractivity contribution in [2.24, 2.45) is 17.8 Å². The summed E-state index contributed by atoms with van der Waals surface area (Å²) in [5, 5.41) is 30.9. The molecule has 0 radical (unpaired) electrons. The lowest BCUT2D eigenvalue weighted by Crippen LogP contribution is -2.24. The Balaban J connectivity index is -0.000000325. The molecule has 1 aromatic rings. The first-order valence-electron chi connectivity index (χ1n) is 9.33. The number of aromatic nitrogens is 3. The molecule has 0 aromatic carbocycles. The third-order valence-electron chi connectivity index (χ3n) is 2.38. The number of carboxylic acid groups (broad SMARTS) is 3. The smallest absolute Gasteiger partial charge is 0.404 e. The van der Waals surface area contributed by atoms with Crippen molar-refractivity contribution in [2.45, 2.75) is 41.5 Å². The molecule has 0 spiro atoms. The summed E-state index contributed by atoms with van der Waals surface area (Å²) >= 11 is 0. The van der Waals surface area contributed by atoms with Gasteiger partial charge in [-0.2, -0.15) is 0 Å². The van der Waals surface area contributed by atoms with Gasteiger partial charge in [0.2, 0.25) is 0 Å². The number of nitrogens with zero attached hydrogens (tertiary/aromatic N) is 3. The molecule has 0 aliphatic carbocycles. The van der Waals surface area contributed by atoms with Crippen LogP contribution in [-0.4, -0.2) is 68.2 Å². The SMILES string of the molecule is CC(C)CNC(=O)O.CC(C)CNC(=O)O.CC(C)CNC(=O)O.c1ncncn1. The van der Waals surface area contributed by atoms with Crippen molar-refractivity contribution < 1.29 is 29.7 Å². The number of carbonyl (C=O) groups is 3. The Labute approximate surface area is 177 Å². The van der Waals surface area contributed by atoms with Crippen LogP contribution in [-0.2, 0) is 0 Å². The third-order valence-corrected chi connectivity index (χ3v) is 2.38. The lowest BCUT2D eigenvalue weighted by Gasteiger charge is -2.01. The average Bonchev–Trinajstić information content (AvgIpc) is 2.66. The molecule has 1 heterocycles. The zero-order valence-corrected chi connectivity index (χ0v) is 18.5. The molecule has 0 fully saturated rings. The Morgan fingerprint density at radius 2 is 0.800 bits per heavy atom. The van der Waals surface area contributed by atoms with Crippen molar-refractivity contribution in [3.8, 4) is 0 Å². The number of hydrogen-bond donors (Lipinski definition) is 6. The highest BCUT2D eigenvalue weighted by Gasteiger charge is 1.96. The highest BCUT2D eigenvalue weighted by atomic mass is 16.4. The predicted octanol–water partition coefficient (Wildman–Crippen LogP) is 2.60. The van der Waals surface area contributed by atoms with Gasteiger partial charge in [0.15, 0.2) is 0 Å². The van der Waals surface area contributed by atoms with Crippen LogP contribution in [0.3, 0.4) is 0 Å². The summed E-state index contributed by atoms with van der Waals surface area (Å²) in [5.74, 6) is 1.18. The van der Waals surface area contributed by atoms with Gasteiger partial charge in [0.05, 0.1) is 0 Å². The minimum absolute atomic E-state index is 0.395. The monoisotopic (exact) mass is 432 g/mol. The summed E-state index contributed by atoms with van der Waals surface area (Å²) in [4.78, 5) is 40.1. The van der Waals surface area contributed by atoms with Gasteiger partial charge in [0, 0.05) is 19.6 Å². The van der Waals surface area contributed by atoms with E-state index in [0.717, 1.165) is 0 Å². The van der Waals surface area contributed by atoms with Gasteiger partial charge in [-0.15, -0.1) is 0 Å². The normalized spacial score (nSPS) is 9.10.